The molecule has 0 atom stereocenters. The molecule has 0 aliphatic heterocycles. The highest BCUT2D eigenvalue weighted by Crippen LogP contribution is 2.39. The number of alkyl halides is 6. The van der Waals surface area contributed by atoms with Gasteiger partial charge in [0.05, 0.1) is 16.1 Å². The quantitative estimate of drug-likeness (QED) is 0.0882. The van der Waals surface area contributed by atoms with Gasteiger partial charge in [-0.3, -0.25) is 20.2 Å². The molecule has 0 spiro atoms. The topological polar surface area (TPSA) is 142 Å². The van der Waals surface area contributed by atoms with Crippen molar-refractivity contribution in [3.05, 3.63) is 117 Å². The molecule has 5 rings (SSSR count). The number of tetrazole rings is 1. The molecule has 3 N–H and O–H groups in total. The standard InChI is InChI=1S/C31H28F6N8O3/c32-30(33,34)23-14-24(31(35,36)37)16-25(15-23)38-27(18-45(47)48)44(26-12-10-21(11-13-26)20-4-2-1-3-5-20)17-19-6-8-22(9-7-19)28(46)39-29-40-42-43-41-29/h6-16,18,20,38H,1-5,17H2,(H2,39,40,41,42,43,46)/b27-18-. The van der Waals surface area contributed by atoms with Crippen LogP contribution in [0.2, 0.25) is 0 Å². The second kappa shape index (κ2) is 14.1. The van der Waals surface area contributed by atoms with Crippen LogP contribution in [0.15, 0.2) is 78.8 Å². The number of H-pyrrole nitrogens is 1. The van der Waals surface area contributed by atoms with Gasteiger partial charge in [-0.2, -0.15) is 31.6 Å². The number of amides is 1. The fourth-order valence-electron chi connectivity index (χ4n) is 5.45. The van der Waals surface area contributed by atoms with Crippen molar-refractivity contribution in [2.75, 3.05) is 15.5 Å². The smallest absolute Gasteiger partial charge is 0.336 e. The molecule has 1 heterocycles. The number of benzene rings is 3. The number of hydrogen-bond donors (Lipinski definition) is 3. The first-order chi connectivity index (χ1) is 22.8. The molecule has 0 radical (unpaired) electrons. The first-order valence-corrected chi connectivity index (χ1v) is 14.7. The lowest BCUT2D eigenvalue weighted by Gasteiger charge is -2.28. The Morgan fingerprint density at radius 2 is 1.54 bits per heavy atom. The van der Waals surface area contributed by atoms with Crippen LogP contribution < -0.4 is 15.5 Å². The van der Waals surface area contributed by atoms with Crippen molar-refractivity contribution in [2.24, 2.45) is 0 Å². The zero-order valence-corrected chi connectivity index (χ0v) is 25.0. The maximum absolute atomic E-state index is 13.6. The predicted octanol–water partition coefficient (Wildman–Crippen LogP) is 7.73. The van der Waals surface area contributed by atoms with E-state index in [0.717, 1.165) is 37.7 Å². The molecule has 1 aliphatic rings. The number of hydrogen-bond acceptors (Lipinski definition) is 8. The summed E-state index contributed by atoms with van der Waals surface area (Å²) in [6, 6.07) is 14.0. The molecule has 252 valence electrons. The lowest BCUT2D eigenvalue weighted by molar-refractivity contribution is -0.403. The monoisotopic (exact) mass is 674 g/mol. The van der Waals surface area contributed by atoms with E-state index in [-0.39, 0.29) is 24.1 Å². The van der Waals surface area contributed by atoms with Crippen LogP contribution in [0.5, 0.6) is 0 Å². The summed E-state index contributed by atoms with van der Waals surface area (Å²) < 4.78 is 81.7. The van der Waals surface area contributed by atoms with Gasteiger partial charge in [-0.15, -0.1) is 5.10 Å². The zero-order chi connectivity index (χ0) is 34.5. The summed E-state index contributed by atoms with van der Waals surface area (Å²) >= 11 is 0. The fourth-order valence-corrected chi connectivity index (χ4v) is 5.45. The molecule has 0 saturated heterocycles. The van der Waals surface area contributed by atoms with Crippen LogP contribution in [-0.2, 0) is 18.9 Å². The van der Waals surface area contributed by atoms with Gasteiger partial charge < -0.3 is 10.2 Å². The van der Waals surface area contributed by atoms with E-state index in [4.69, 9.17) is 0 Å². The van der Waals surface area contributed by atoms with Gasteiger partial charge in [0.15, 0.2) is 5.82 Å². The number of aromatic amines is 1. The molecule has 17 heteroatoms. The van der Waals surface area contributed by atoms with E-state index in [9.17, 15) is 41.3 Å². The van der Waals surface area contributed by atoms with Gasteiger partial charge in [0.25, 0.3) is 18.1 Å². The molecule has 1 saturated carbocycles. The van der Waals surface area contributed by atoms with Gasteiger partial charge in [-0.1, -0.05) is 48.6 Å². The van der Waals surface area contributed by atoms with Gasteiger partial charge in [-0.25, -0.2) is 0 Å². The molecule has 3 aromatic carbocycles. The van der Waals surface area contributed by atoms with Gasteiger partial charge in [0.2, 0.25) is 0 Å². The Kier molecular flexibility index (Phi) is 9.95. The highest BCUT2D eigenvalue weighted by atomic mass is 19.4. The predicted molar refractivity (Wildman–Crippen MR) is 162 cm³/mol. The number of carbonyl (C=O) groups is 1. The van der Waals surface area contributed by atoms with Crippen molar-refractivity contribution >= 4 is 23.2 Å². The van der Waals surface area contributed by atoms with Crippen LogP contribution in [-0.4, -0.2) is 31.5 Å². The SMILES string of the molecule is O=C(Nc1nn[nH]n1)c1ccc(CN(/C(=C\[N+](=O)[O-])Nc2cc(C(F)(F)F)cc(C(F)(F)F)c2)c2ccc(C3CCCCC3)cc2)cc1. The van der Waals surface area contributed by atoms with Crippen molar-refractivity contribution in [1.82, 2.24) is 20.6 Å². The number of nitrogens with zero attached hydrogens (tertiary/aromatic N) is 5. The van der Waals surface area contributed by atoms with Crippen LogP contribution in [0, 0.1) is 10.1 Å². The van der Waals surface area contributed by atoms with Crippen molar-refractivity contribution in [3.63, 3.8) is 0 Å². The largest absolute Gasteiger partial charge is 0.416 e. The maximum atomic E-state index is 13.6. The van der Waals surface area contributed by atoms with Gasteiger partial charge in [0.1, 0.15) is 0 Å². The third-order valence-corrected chi connectivity index (χ3v) is 7.79. The molecular weight excluding hydrogens is 646 g/mol. The van der Waals surface area contributed by atoms with Crippen molar-refractivity contribution in [3.8, 4) is 0 Å². The molecule has 48 heavy (non-hydrogen) atoms. The minimum absolute atomic E-state index is 0.0276. The van der Waals surface area contributed by atoms with Crippen LogP contribution >= 0.6 is 0 Å². The van der Waals surface area contributed by atoms with Gasteiger partial charge >= 0.3 is 12.4 Å². The molecule has 0 unspecified atom stereocenters. The maximum Gasteiger partial charge on any atom is 0.416 e. The number of carbonyl (C=O) groups excluding carboxylic acids is 1. The third-order valence-electron chi connectivity index (χ3n) is 7.79. The average Bonchev–Trinajstić information content (AvgIpc) is 3.56. The number of nitrogens with one attached hydrogen (secondary N) is 3. The van der Waals surface area contributed by atoms with E-state index in [1.54, 1.807) is 24.3 Å². The Hall–Kier alpha value is -5.48. The fraction of sp³-hybridized carbons (Fsp3) is 0.290. The summed E-state index contributed by atoms with van der Waals surface area (Å²) in [6.45, 7) is -0.132. The first-order valence-electron chi connectivity index (χ1n) is 14.7. The number of nitro groups is 1. The van der Waals surface area contributed by atoms with E-state index >= 15 is 0 Å². The minimum atomic E-state index is -5.13. The Morgan fingerprint density at radius 1 is 0.917 bits per heavy atom. The molecule has 1 aromatic heterocycles. The molecule has 1 fully saturated rings. The third kappa shape index (κ3) is 8.65. The highest BCUT2D eigenvalue weighted by molar-refractivity contribution is 6.03. The number of rotatable bonds is 10. The molecule has 0 bridgehead atoms. The van der Waals surface area contributed by atoms with Gasteiger partial charge in [-0.05, 0) is 77.6 Å². The molecule has 11 nitrogen and oxygen atoms in total. The van der Waals surface area contributed by atoms with Crippen molar-refractivity contribution in [1.29, 1.82) is 0 Å². The Bertz CT molecular complexity index is 1720. The van der Waals surface area contributed by atoms with Crippen LogP contribution in [0.25, 0.3) is 0 Å². The summed E-state index contributed by atoms with van der Waals surface area (Å²) in [6.07, 6.45) is -4.48. The zero-order valence-electron chi connectivity index (χ0n) is 25.0. The summed E-state index contributed by atoms with van der Waals surface area (Å²) in [4.78, 5) is 24.8. The average molecular weight is 675 g/mol. The Morgan fingerprint density at radius 3 is 2.08 bits per heavy atom. The number of halogens is 6. The highest BCUT2D eigenvalue weighted by Gasteiger charge is 2.37. The molecular formula is C31H28F6N8O3. The van der Waals surface area contributed by atoms with E-state index < -0.39 is 45.8 Å². The van der Waals surface area contributed by atoms with Crippen LogP contribution in [0.3, 0.4) is 0 Å². The van der Waals surface area contributed by atoms with Crippen molar-refractivity contribution < 1.29 is 36.1 Å². The Balaban J connectivity index is 1.51. The summed E-state index contributed by atoms with van der Waals surface area (Å²) in [5, 5.41) is 29.5. The minimum Gasteiger partial charge on any atom is -0.336 e. The number of aromatic nitrogens is 4. The molecule has 4 aromatic rings. The second-order valence-corrected chi connectivity index (χ2v) is 11.1. The van der Waals surface area contributed by atoms with E-state index in [1.165, 1.54) is 17.0 Å². The summed E-state index contributed by atoms with van der Waals surface area (Å²) in [5.41, 5.74) is -1.71. The van der Waals surface area contributed by atoms with Crippen LogP contribution in [0.4, 0.5) is 43.7 Å². The van der Waals surface area contributed by atoms with Gasteiger partial charge in [0, 0.05) is 23.5 Å². The second-order valence-electron chi connectivity index (χ2n) is 11.1. The first kappa shape index (κ1) is 33.9. The van der Waals surface area contributed by atoms with E-state index in [1.807, 2.05) is 12.1 Å². The molecule has 1 amide bonds. The Labute approximate surface area is 269 Å². The van der Waals surface area contributed by atoms with Crippen LogP contribution in [0.1, 0.15) is 70.6 Å². The lowest BCUT2D eigenvalue weighted by Crippen LogP contribution is -2.28. The summed E-state index contributed by atoms with van der Waals surface area (Å²) in [5.74, 6) is -0.698. The molecule has 1 aliphatic carbocycles. The van der Waals surface area contributed by atoms with Crippen molar-refractivity contribution in [2.45, 2.75) is 56.9 Å². The number of anilines is 3. The van der Waals surface area contributed by atoms with E-state index in [0.29, 0.717) is 35.5 Å². The summed E-state index contributed by atoms with van der Waals surface area (Å²) in [7, 11) is 0. The normalized spacial score (nSPS) is 14.4. The van der Waals surface area contributed by atoms with E-state index in [2.05, 4.69) is 31.3 Å². The lowest BCUT2D eigenvalue weighted by atomic mass is 9.84.